The summed E-state index contributed by atoms with van der Waals surface area (Å²) in [6.45, 7) is 3.65. The van der Waals surface area contributed by atoms with Crippen molar-refractivity contribution >= 4 is 5.69 Å². The zero-order chi connectivity index (χ0) is 15.5. The standard InChI is InChI=1S/C17H17F3N2/c18-14-3-5-16(6-4-14)22-9-7-21(8-10-22)12-13-1-2-15(19)11-17(13)20/h1-6,11H,7-10,12H2. The van der Waals surface area contributed by atoms with Crippen molar-refractivity contribution in [1.82, 2.24) is 4.90 Å². The Bertz CT molecular complexity index is 635. The van der Waals surface area contributed by atoms with Gasteiger partial charge in [0.05, 0.1) is 0 Å². The Morgan fingerprint density at radius 3 is 2.05 bits per heavy atom. The van der Waals surface area contributed by atoms with Crippen LogP contribution < -0.4 is 4.90 Å². The van der Waals surface area contributed by atoms with Crippen LogP contribution in [0.25, 0.3) is 0 Å². The van der Waals surface area contributed by atoms with E-state index >= 15 is 0 Å². The Hall–Kier alpha value is -2.01. The molecule has 3 rings (SSSR count). The molecular formula is C17H17F3N2. The van der Waals surface area contributed by atoms with Crippen molar-refractivity contribution in [2.75, 3.05) is 31.1 Å². The Morgan fingerprint density at radius 1 is 0.773 bits per heavy atom. The first-order valence-electron chi connectivity index (χ1n) is 7.28. The Labute approximate surface area is 127 Å². The molecule has 0 aliphatic carbocycles. The van der Waals surface area contributed by atoms with Gasteiger partial charge in [-0.2, -0.15) is 0 Å². The highest BCUT2D eigenvalue weighted by Gasteiger charge is 2.18. The molecule has 0 atom stereocenters. The van der Waals surface area contributed by atoms with E-state index in [2.05, 4.69) is 9.80 Å². The van der Waals surface area contributed by atoms with Crippen LogP contribution in [-0.4, -0.2) is 31.1 Å². The summed E-state index contributed by atoms with van der Waals surface area (Å²) in [5.74, 6) is -1.29. The summed E-state index contributed by atoms with van der Waals surface area (Å²) in [5.41, 5.74) is 1.51. The minimum atomic E-state index is -0.553. The monoisotopic (exact) mass is 306 g/mol. The molecule has 0 aromatic heterocycles. The third-order valence-corrected chi connectivity index (χ3v) is 3.97. The molecule has 1 aliphatic rings. The van der Waals surface area contributed by atoms with Crippen molar-refractivity contribution in [2.45, 2.75) is 6.54 Å². The van der Waals surface area contributed by atoms with E-state index in [0.29, 0.717) is 12.1 Å². The lowest BCUT2D eigenvalue weighted by Crippen LogP contribution is -2.46. The van der Waals surface area contributed by atoms with Gasteiger partial charge in [-0.3, -0.25) is 4.90 Å². The van der Waals surface area contributed by atoms with E-state index in [9.17, 15) is 13.2 Å². The molecule has 0 unspecified atom stereocenters. The summed E-state index contributed by atoms with van der Waals surface area (Å²) in [6.07, 6.45) is 0. The number of rotatable bonds is 3. The summed E-state index contributed by atoms with van der Waals surface area (Å²) < 4.78 is 39.5. The first kappa shape index (κ1) is 14.9. The molecule has 22 heavy (non-hydrogen) atoms. The normalized spacial score (nSPS) is 16.0. The van der Waals surface area contributed by atoms with Crippen LogP contribution in [0.5, 0.6) is 0 Å². The van der Waals surface area contributed by atoms with E-state index in [-0.39, 0.29) is 5.82 Å². The number of halogens is 3. The van der Waals surface area contributed by atoms with E-state index in [4.69, 9.17) is 0 Å². The second kappa shape index (κ2) is 6.40. The summed E-state index contributed by atoms with van der Waals surface area (Å²) in [7, 11) is 0. The summed E-state index contributed by atoms with van der Waals surface area (Å²) in [5, 5.41) is 0. The van der Waals surface area contributed by atoms with Crippen LogP contribution in [0.15, 0.2) is 42.5 Å². The smallest absolute Gasteiger partial charge is 0.130 e. The second-order valence-corrected chi connectivity index (χ2v) is 5.48. The van der Waals surface area contributed by atoms with Crippen molar-refractivity contribution in [3.8, 4) is 0 Å². The number of anilines is 1. The van der Waals surface area contributed by atoms with E-state index in [0.717, 1.165) is 37.9 Å². The third-order valence-electron chi connectivity index (χ3n) is 3.97. The summed E-state index contributed by atoms with van der Waals surface area (Å²) in [6, 6.07) is 10.1. The molecular weight excluding hydrogens is 289 g/mol. The van der Waals surface area contributed by atoms with Gasteiger partial charge in [-0.25, -0.2) is 13.2 Å². The molecule has 0 amide bonds. The van der Waals surface area contributed by atoms with E-state index in [1.165, 1.54) is 24.3 Å². The predicted octanol–water partition coefficient (Wildman–Crippen LogP) is 3.43. The zero-order valence-corrected chi connectivity index (χ0v) is 12.1. The average molecular weight is 306 g/mol. The van der Waals surface area contributed by atoms with Crippen molar-refractivity contribution in [3.05, 3.63) is 65.5 Å². The molecule has 5 heteroatoms. The maximum absolute atomic E-state index is 13.7. The van der Waals surface area contributed by atoms with Crippen LogP contribution in [0, 0.1) is 17.5 Å². The molecule has 116 valence electrons. The molecule has 0 N–H and O–H groups in total. The van der Waals surface area contributed by atoms with Crippen LogP contribution in [0.3, 0.4) is 0 Å². The lowest BCUT2D eigenvalue weighted by atomic mass is 10.1. The second-order valence-electron chi connectivity index (χ2n) is 5.48. The Morgan fingerprint density at radius 2 is 1.41 bits per heavy atom. The van der Waals surface area contributed by atoms with E-state index < -0.39 is 11.6 Å². The highest BCUT2D eigenvalue weighted by atomic mass is 19.1. The molecule has 1 fully saturated rings. The highest BCUT2D eigenvalue weighted by molar-refractivity contribution is 5.46. The lowest BCUT2D eigenvalue weighted by Gasteiger charge is -2.36. The van der Waals surface area contributed by atoms with Gasteiger partial charge >= 0.3 is 0 Å². The summed E-state index contributed by atoms with van der Waals surface area (Å²) in [4.78, 5) is 4.31. The first-order chi connectivity index (χ1) is 10.6. The molecule has 1 aliphatic heterocycles. The van der Waals surface area contributed by atoms with E-state index in [1.807, 2.05) is 0 Å². The van der Waals surface area contributed by atoms with Crippen LogP contribution in [0.4, 0.5) is 18.9 Å². The molecule has 0 spiro atoms. The van der Waals surface area contributed by atoms with Gasteiger partial charge < -0.3 is 4.90 Å². The molecule has 2 nitrogen and oxygen atoms in total. The number of benzene rings is 2. The number of nitrogens with zero attached hydrogens (tertiary/aromatic N) is 2. The highest BCUT2D eigenvalue weighted by Crippen LogP contribution is 2.18. The quantitative estimate of drug-likeness (QED) is 0.857. The van der Waals surface area contributed by atoms with Crippen molar-refractivity contribution in [1.29, 1.82) is 0 Å². The van der Waals surface area contributed by atoms with Crippen LogP contribution in [0.1, 0.15) is 5.56 Å². The van der Waals surface area contributed by atoms with Crippen LogP contribution in [0.2, 0.25) is 0 Å². The number of hydrogen-bond donors (Lipinski definition) is 0. The Balaban J connectivity index is 1.58. The minimum absolute atomic E-state index is 0.242. The molecule has 0 radical (unpaired) electrons. The lowest BCUT2D eigenvalue weighted by molar-refractivity contribution is 0.246. The number of piperazine rings is 1. The van der Waals surface area contributed by atoms with E-state index in [1.54, 1.807) is 12.1 Å². The van der Waals surface area contributed by atoms with Gasteiger partial charge in [0.2, 0.25) is 0 Å². The average Bonchev–Trinajstić information content (AvgIpc) is 2.52. The fourth-order valence-electron chi connectivity index (χ4n) is 2.71. The van der Waals surface area contributed by atoms with Gasteiger partial charge in [-0.15, -0.1) is 0 Å². The Kier molecular flexibility index (Phi) is 4.34. The molecule has 0 saturated carbocycles. The van der Waals surface area contributed by atoms with Gasteiger partial charge in [0, 0.05) is 50.0 Å². The van der Waals surface area contributed by atoms with Gasteiger partial charge in [0.15, 0.2) is 0 Å². The van der Waals surface area contributed by atoms with Crippen molar-refractivity contribution in [3.63, 3.8) is 0 Å². The number of hydrogen-bond acceptors (Lipinski definition) is 2. The predicted molar refractivity (Wildman–Crippen MR) is 80.2 cm³/mol. The van der Waals surface area contributed by atoms with Crippen molar-refractivity contribution < 1.29 is 13.2 Å². The van der Waals surface area contributed by atoms with Crippen LogP contribution in [-0.2, 0) is 6.54 Å². The van der Waals surface area contributed by atoms with Gasteiger partial charge in [-0.05, 0) is 30.3 Å². The fraction of sp³-hybridized carbons (Fsp3) is 0.294. The SMILES string of the molecule is Fc1ccc(N2CCN(Cc3ccc(F)cc3F)CC2)cc1. The fourth-order valence-corrected chi connectivity index (χ4v) is 2.71. The van der Waals surface area contributed by atoms with Crippen molar-refractivity contribution in [2.24, 2.45) is 0 Å². The van der Waals surface area contributed by atoms with Gasteiger partial charge in [-0.1, -0.05) is 6.07 Å². The zero-order valence-electron chi connectivity index (χ0n) is 12.1. The summed E-state index contributed by atoms with van der Waals surface area (Å²) >= 11 is 0. The first-order valence-corrected chi connectivity index (χ1v) is 7.28. The minimum Gasteiger partial charge on any atom is -0.369 e. The molecule has 0 bridgehead atoms. The maximum Gasteiger partial charge on any atom is 0.130 e. The van der Waals surface area contributed by atoms with Gasteiger partial charge in [0.1, 0.15) is 17.5 Å². The van der Waals surface area contributed by atoms with Gasteiger partial charge in [0.25, 0.3) is 0 Å². The molecule has 1 saturated heterocycles. The molecule has 2 aromatic carbocycles. The third kappa shape index (κ3) is 3.42. The van der Waals surface area contributed by atoms with Crippen LogP contribution >= 0.6 is 0 Å². The maximum atomic E-state index is 13.7. The topological polar surface area (TPSA) is 6.48 Å². The largest absolute Gasteiger partial charge is 0.369 e. The molecule has 1 heterocycles. The molecule has 2 aromatic rings.